The molecule has 0 aliphatic heterocycles. The van der Waals surface area contributed by atoms with E-state index in [9.17, 15) is 19.8 Å². The highest BCUT2D eigenvalue weighted by Gasteiger charge is 2.24. The Hall–Kier alpha value is -3.12. The zero-order valence-corrected chi connectivity index (χ0v) is 16.7. The molecule has 3 rings (SSSR count). The second-order valence-electron chi connectivity index (χ2n) is 7.32. The summed E-state index contributed by atoms with van der Waals surface area (Å²) in [7, 11) is 0. The smallest absolute Gasteiger partial charge is 0.336 e. The van der Waals surface area contributed by atoms with Gasteiger partial charge in [-0.1, -0.05) is 50.6 Å². The summed E-state index contributed by atoms with van der Waals surface area (Å²) < 4.78 is 5.33. The third kappa shape index (κ3) is 4.17. The number of hydrogen-bond donors (Lipinski definition) is 3. The van der Waals surface area contributed by atoms with Crippen LogP contribution < -0.4 is 10.9 Å². The van der Waals surface area contributed by atoms with Gasteiger partial charge in [-0.2, -0.15) is 0 Å². The highest BCUT2D eigenvalue weighted by Crippen LogP contribution is 2.37. The number of carbonyl (C=O) groups is 1. The van der Waals surface area contributed by atoms with Gasteiger partial charge < -0.3 is 14.6 Å². The number of nitrogens with one attached hydrogen (secondary N) is 1. The van der Waals surface area contributed by atoms with Crippen molar-refractivity contribution in [3.63, 3.8) is 0 Å². The van der Waals surface area contributed by atoms with E-state index >= 15 is 0 Å². The number of hydrogen-bond acceptors (Lipinski definition) is 5. The molecule has 0 fully saturated rings. The van der Waals surface area contributed by atoms with Crippen LogP contribution in [0.25, 0.3) is 22.1 Å². The second-order valence-corrected chi connectivity index (χ2v) is 7.32. The summed E-state index contributed by atoms with van der Waals surface area (Å²) >= 11 is 0. The minimum Gasteiger partial charge on any atom is -0.507 e. The molecule has 6 heteroatoms. The largest absolute Gasteiger partial charge is 0.507 e. The fourth-order valence-corrected chi connectivity index (χ4v) is 3.53. The van der Waals surface area contributed by atoms with Crippen molar-refractivity contribution in [3.8, 4) is 16.9 Å². The van der Waals surface area contributed by atoms with Crippen LogP contribution in [0.5, 0.6) is 5.75 Å². The lowest BCUT2D eigenvalue weighted by Gasteiger charge is -2.21. The lowest BCUT2D eigenvalue weighted by Crippen LogP contribution is -2.41. The van der Waals surface area contributed by atoms with Crippen LogP contribution in [0, 0.1) is 12.8 Å². The number of phenolic OH excluding ortho intramolecular Hbond substituents is 1. The van der Waals surface area contributed by atoms with Gasteiger partial charge in [0.1, 0.15) is 17.4 Å². The molecule has 1 aromatic heterocycles. The van der Waals surface area contributed by atoms with Crippen LogP contribution in [-0.2, 0) is 11.3 Å². The van der Waals surface area contributed by atoms with E-state index in [4.69, 9.17) is 4.42 Å². The van der Waals surface area contributed by atoms with Crippen LogP contribution in [-0.4, -0.2) is 22.2 Å². The van der Waals surface area contributed by atoms with Crippen molar-refractivity contribution in [2.24, 2.45) is 5.92 Å². The number of carboxylic acid groups (broad SMARTS) is 1. The Labute approximate surface area is 168 Å². The fraction of sp³-hybridized carbons (Fsp3) is 0.304. The zero-order chi connectivity index (χ0) is 21.1. The molecule has 6 nitrogen and oxygen atoms in total. The number of rotatable bonds is 7. The van der Waals surface area contributed by atoms with Crippen molar-refractivity contribution in [2.75, 3.05) is 0 Å². The molecule has 152 valence electrons. The van der Waals surface area contributed by atoms with Gasteiger partial charge in [0, 0.05) is 23.7 Å². The minimum atomic E-state index is -0.923. The summed E-state index contributed by atoms with van der Waals surface area (Å²) in [5.41, 5.74) is 2.46. The molecule has 0 saturated carbocycles. The normalized spacial score (nSPS) is 13.3. The van der Waals surface area contributed by atoms with Crippen molar-refractivity contribution in [3.05, 3.63) is 64.0 Å². The number of carboxylic acids is 1. The van der Waals surface area contributed by atoms with Crippen LogP contribution in [0.3, 0.4) is 0 Å². The first kappa shape index (κ1) is 20.6. The Morgan fingerprint density at radius 3 is 2.52 bits per heavy atom. The summed E-state index contributed by atoms with van der Waals surface area (Å²) in [5.74, 6) is -0.995. The first-order valence-corrected chi connectivity index (χ1v) is 9.64. The van der Waals surface area contributed by atoms with Crippen LogP contribution in [0.2, 0.25) is 0 Å². The number of phenols is 1. The number of aryl methyl sites for hydroxylation is 1. The number of aromatic hydroxyl groups is 1. The molecule has 2 atom stereocenters. The third-order valence-corrected chi connectivity index (χ3v) is 5.40. The molecule has 29 heavy (non-hydrogen) atoms. The van der Waals surface area contributed by atoms with E-state index in [1.165, 1.54) is 6.07 Å². The van der Waals surface area contributed by atoms with Gasteiger partial charge in [-0.05, 0) is 30.0 Å². The molecule has 1 heterocycles. The van der Waals surface area contributed by atoms with Crippen molar-refractivity contribution < 1.29 is 19.4 Å². The lowest BCUT2D eigenvalue weighted by molar-refractivity contribution is -0.140. The van der Waals surface area contributed by atoms with E-state index in [1.807, 2.05) is 44.2 Å². The Morgan fingerprint density at radius 1 is 1.21 bits per heavy atom. The van der Waals surface area contributed by atoms with Gasteiger partial charge in [0.25, 0.3) is 0 Å². The summed E-state index contributed by atoms with van der Waals surface area (Å²) in [6.07, 6.45) is 0.718. The Morgan fingerprint density at radius 2 is 1.90 bits per heavy atom. The van der Waals surface area contributed by atoms with Gasteiger partial charge in [-0.3, -0.25) is 10.1 Å². The van der Waals surface area contributed by atoms with E-state index in [0.29, 0.717) is 27.7 Å². The molecule has 0 radical (unpaired) electrons. The van der Waals surface area contributed by atoms with E-state index in [0.717, 1.165) is 12.0 Å². The predicted octanol–water partition coefficient (Wildman–Crippen LogP) is 4.06. The van der Waals surface area contributed by atoms with E-state index in [2.05, 4.69) is 5.32 Å². The molecule has 0 bridgehead atoms. The van der Waals surface area contributed by atoms with Gasteiger partial charge in [0.05, 0.1) is 5.39 Å². The Kier molecular flexibility index (Phi) is 6.03. The van der Waals surface area contributed by atoms with Crippen molar-refractivity contribution in [1.82, 2.24) is 5.32 Å². The van der Waals surface area contributed by atoms with Crippen molar-refractivity contribution in [2.45, 2.75) is 39.8 Å². The monoisotopic (exact) mass is 395 g/mol. The molecule has 0 saturated heterocycles. The maximum absolute atomic E-state index is 12.1. The fourth-order valence-electron chi connectivity index (χ4n) is 3.53. The molecule has 2 aromatic carbocycles. The van der Waals surface area contributed by atoms with Gasteiger partial charge in [-0.25, -0.2) is 4.79 Å². The zero-order valence-electron chi connectivity index (χ0n) is 16.7. The van der Waals surface area contributed by atoms with Crippen LogP contribution in [0.4, 0.5) is 0 Å². The second kappa shape index (κ2) is 8.49. The molecular formula is C23H25NO5. The Bertz CT molecular complexity index is 1090. The molecule has 0 aliphatic rings. The van der Waals surface area contributed by atoms with Crippen LogP contribution >= 0.6 is 0 Å². The number of aliphatic carboxylic acids is 1. The predicted molar refractivity (Wildman–Crippen MR) is 112 cm³/mol. The quantitative estimate of drug-likeness (QED) is 0.522. The molecule has 0 aliphatic carbocycles. The van der Waals surface area contributed by atoms with Gasteiger partial charge in [-0.15, -0.1) is 0 Å². The SMILES string of the molecule is CC[C@@H](C)[C@@H](NCc1c(C)cc2oc(=O)cc(-c3ccccc3)c2c1O)C(=O)O. The average molecular weight is 395 g/mol. The number of benzene rings is 2. The van der Waals surface area contributed by atoms with Crippen LogP contribution in [0.1, 0.15) is 31.4 Å². The van der Waals surface area contributed by atoms with Crippen molar-refractivity contribution >= 4 is 16.9 Å². The summed E-state index contributed by atoms with van der Waals surface area (Å²) in [6, 6.07) is 11.6. The highest BCUT2D eigenvalue weighted by molar-refractivity contribution is 5.98. The summed E-state index contributed by atoms with van der Waals surface area (Å²) in [5, 5.41) is 24.1. The van der Waals surface area contributed by atoms with Gasteiger partial charge in [0.15, 0.2) is 0 Å². The van der Waals surface area contributed by atoms with Gasteiger partial charge in [0.2, 0.25) is 0 Å². The van der Waals surface area contributed by atoms with Crippen molar-refractivity contribution in [1.29, 1.82) is 0 Å². The van der Waals surface area contributed by atoms with E-state index in [-0.39, 0.29) is 18.2 Å². The topological polar surface area (TPSA) is 99.8 Å². The summed E-state index contributed by atoms with van der Waals surface area (Å²) in [4.78, 5) is 23.7. The first-order chi connectivity index (χ1) is 13.8. The summed E-state index contributed by atoms with van der Waals surface area (Å²) in [6.45, 7) is 5.79. The third-order valence-electron chi connectivity index (χ3n) is 5.40. The van der Waals surface area contributed by atoms with Gasteiger partial charge >= 0.3 is 11.6 Å². The maximum Gasteiger partial charge on any atom is 0.336 e. The first-order valence-electron chi connectivity index (χ1n) is 9.64. The molecule has 3 N–H and O–H groups in total. The maximum atomic E-state index is 12.1. The minimum absolute atomic E-state index is 0.0107. The lowest BCUT2D eigenvalue weighted by atomic mass is 9.95. The average Bonchev–Trinajstić information content (AvgIpc) is 2.69. The van der Waals surface area contributed by atoms with E-state index < -0.39 is 17.6 Å². The molecule has 0 amide bonds. The standard InChI is InChI=1S/C23H25NO5/c1-4-13(2)21(23(27)28)24-12-17-14(3)10-18-20(22(17)26)16(11-19(25)29-18)15-8-6-5-7-9-15/h5-11,13,21,24,26H,4,12H2,1-3H3,(H,27,28)/t13-,21-/m1/s1. The molecule has 3 aromatic rings. The van der Waals surface area contributed by atoms with E-state index in [1.54, 1.807) is 13.0 Å². The number of fused-ring (bicyclic) bond motifs is 1. The van der Waals surface area contributed by atoms with Crippen LogP contribution in [0.15, 0.2) is 51.7 Å². The highest BCUT2D eigenvalue weighted by atomic mass is 16.4. The Balaban J connectivity index is 2.11. The molecule has 0 unspecified atom stereocenters. The molecule has 0 spiro atoms. The molecular weight excluding hydrogens is 370 g/mol.